The molecule has 1 N–H and O–H groups in total. The first-order valence-electron chi connectivity index (χ1n) is 3.98. The molecule has 0 atom stereocenters. The van der Waals surface area contributed by atoms with E-state index in [0.717, 1.165) is 24.3 Å². The van der Waals surface area contributed by atoms with Gasteiger partial charge in [0, 0.05) is 0 Å². The van der Waals surface area contributed by atoms with E-state index < -0.39 is 21.6 Å². The zero-order valence-electron chi connectivity index (χ0n) is 7.86. The second-order valence-corrected chi connectivity index (χ2v) is 3.24. The van der Waals surface area contributed by atoms with Crippen LogP contribution in [0.4, 0.5) is 4.39 Å². The first-order chi connectivity index (χ1) is 6.25. The van der Waals surface area contributed by atoms with E-state index in [9.17, 15) is 12.8 Å². The summed E-state index contributed by atoms with van der Waals surface area (Å²) < 4.78 is 56.4. The van der Waals surface area contributed by atoms with Crippen LogP contribution in [0.3, 0.4) is 0 Å². The van der Waals surface area contributed by atoms with Crippen molar-refractivity contribution in [1.82, 2.24) is 0 Å². The molecule has 0 amide bonds. The Morgan fingerprint density at radius 1 is 1.42 bits per heavy atom. The summed E-state index contributed by atoms with van der Waals surface area (Å²) in [4.78, 5) is 0. The Morgan fingerprint density at radius 2 is 1.92 bits per heavy atom. The lowest BCUT2D eigenvalue weighted by molar-refractivity contribution is 0.482. The summed E-state index contributed by atoms with van der Waals surface area (Å²) >= 11 is 0. The second kappa shape index (κ2) is 3.20. The van der Waals surface area contributed by atoms with Crippen molar-refractivity contribution in [2.45, 2.75) is 5.70 Å². The molecule has 1 aromatic carbocycles. The van der Waals surface area contributed by atoms with Crippen molar-refractivity contribution in [2.24, 2.45) is 0 Å². The molecule has 0 saturated carbocycles. The summed E-state index contributed by atoms with van der Waals surface area (Å²) in [6, 6.07) is 3.75. The second-order valence-electron chi connectivity index (χ2n) is 2.08. The van der Waals surface area contributed by atoms with E-state index in [1.165, 1.54) is 0 Å². The van der Waals surface area contributed by atoms with Crippen LogP contribution in [0.25, 0.3) is 0 Å². The summed E-state index contributed by atoms with van der Waals surface area (Å²) in [5.74, 6) is -0.611. The van der Waals surface area contributed by atoms with Gasteiger partial charge in [0.25, 0.3) is 10.1 Å². The van der Waals surface area contributed by atoms with Gasteiger partial charge in [-0.25, -0.2) is 4.39 Å². The average molecular weight is 192 g/mol. The minimum absolute atomic E-state index is 0.318. The Labute approximate surface area is 72.4 Å². The Bertz CT molecular complexity index is 427. The molecule has 0 aliphatic heterocycles. The van der Waals surface area contributed by atoms with Crippen LogP contribution in [0, 0.1) is 5.82 Å². The molecule has 66 valence electrons. The van der Waals surface area contributed by atoms with Crippen LogP contribution in [0.15, 0.2) is 24.3 Å². The van der Waals surface area contributed by atoms with Gasteiger partial charge in [-0.15, -0.1) is 0 Å². The molecule has 0 unspecified atom stereocenters. The molecule has 0 aliphatic rings. The summed E-state index contributed by atoms with van der Waals surface area (Å²) in [6.45, 7) is 0. The van der Waals surface area contributed by atoms with E-state index in [0.29, 0.717) is 0 Å². The molecule has 0 aliphatic carbocycles. The van der Waals surface area contributed by atoms with Gasteiger partial charge in [-0.1, -0.05) is 12.1 Å². The minimum atomic E-state index is -4.86. The fraction of sp³-hybridized carbons (Fsp3) is 0.143. The third-order valence-electron chi connectivity index (χ3n) is 1.09. The van der Waals surface area contributed by atoms with Crippen LogP contribution in [-0.2, 0) is 15.8 Å². The topological polar surface area (TPSA) is 54.4 Å². The van der Waals surface area contributed by atoms with E-state index in [2.05, 4.69) is 0 Å². The Morgan fingerprint density at radius 3 is 2.33 bits per heavy atom. The van der Waals surface area contributed by atoms with Gasteiger partial charge >= 0.3 is 0 Å². The SMILES string of the molecule is [2H]C([2H])(c1ccc(F)cc1)S(=O)(=O)O. The van der Waals surface area contributed by atoms with Gasteiger partial charge in [0.15, 0.2) is 0 Å². The Balaban J connectivity index is 3.24. The highest BCUT2D eigenvalue weighted by molar-refractivity contribution is 7.85. The molecule has 5 heteroatoms. The monoisotopic (exact) mass is 192 g/mol. The maximum atomic E-state index is 12.4. The standard InChI is InChI=1S/C7H7FO3S/c8-7-3-1-6(2-4-7)5-12(9,10)11/h1-4H,5H2,(H,9,10,11)/i5D2. The predicted octanol–water partition coefficient (Wildman–Crippen LogP) is 1.21. The highest BCUT2D eigenvalue weighted by Crippen LogP contribution is 2.05. The largest absolute Gasteiger partial charge is 0.285 e. The first kappa shape index (κ1) is 6.56. The minimum Gasteiger partial charge on any atom is -0.285 e. The molecule has 1 rings (SSSR count). The van der Waals surface area contributed by atoms with Crippen LogP contribution < -0.4 is 0 Å². The summed E-state index contributed by atoms with van der Waals surface area (Å²) in [6.07, 6.45) is 0. The fourth-order valence-electron chi connectivity index (χ4n) is 0.667. The molecule has 3 nitrogen and oxygen atoms in total. The van der Waals surface area contributed by atoms with E-state index in [-0.39, 0.29) is 5.56 Å². The average Bonchev–Trinajstić information content (AvgIpc) is 2.03. The molecule has 12 heavy (non-hydrogen) atoms. The van der Waals surface area contributed by atoms with Gasteiger partial charge in [0.05, 0.1) is 2.74 Å². The third-order valence-corrected chi connectivity index (χ3v) is 1.58. The predicted molar refractivity (Wildman–Crippen MR) is 41.7 cm³/mol. The van der Waals surface area contributed by atoms with Gasteiger partial charge in [-0.2, -0.15) is 8.42 Å². The van der Waals surface area contributed by atoms with Crippen LogP contribution in [-0.4, -0.2) is 13.0 Å². The number of hydrogen-bond acceptors (Lipinski definition) is 2. The quantitative estimate of drug-likeness (QED) is 0.716. The molecular weight excluding hydrogens is 183 g/mol. The summed E-state index contributed by atoms with van der Waals surface area (Å²) in [5, 5.41) is 0. The molecule has 0 radical (unpaired) electrons. The number of halogens is 1. The highest BCUT2D eigenvalue weighted by Gasteiger charge is 2.05. The van der Waals surface area contributed by atoms with Crippen LogP contribution >= 0.6 is 0 Å². The Kier molecular flexibility index (Phi) is 1.75. The number of hydrogen-bond donors (Lipinski definition) is 1. The van der Waals surface area contributed by atoms with Crippen molar-refractivity contribution < 1.29 is 20.1 Å². The first-order valence-corrected chi connectivity index (χ1v) is 4.42. The lowest BCUT2D eigenvalue weighted by Gasteiger charge is -1.96. The molecule has 0 spiro atoms. The lowest BCUT2D eigenvalue weighted by Crippen LogP contribution is -2.01. The molecule has 1 aromatic rings. The van der Waals surface area contributed by atoms with Crippen molar-refractivity contribution in [3.8, 4) is 0 Å². The fourth-order valence-corrected chi connectivity index (χ4v) is 1.10. The maximum absolute atomic E-state index is 12.4. The van der Waals surface area contributed by atoms with Crippen LogP contribution in [0.2, 0.25) is 0 Å². The number of rotatable bonds is 2. The molecule has 0 fully saturated rings. The van der Waals surface area contributed by atoms with Crippen LogP contribution in [0.1, 0.15) is 8.30 Å². The van der Waals surface area contributed by atoms with Gasteiger partial charge in [0.1, 0.15) is 11.5 Å². The normalized spacial score (nSPS) is 15.2. The van der Waals surface area contributed by atoms with Crippen molar-refractivity contribution in [2.75, 3.05) is 0 Å². The van der Waals surface area contributed by atoms with Gasteiger partial charge in [-0.05, 0) is 17.7 Å². The third kappa shape index (κ3) is 2.98. The van der Waals surface area contributed by atoms with E-state index in [4.69, 9.17) is 7.29 Å². The van der Waals surface area contributed by atoms with Gasteiger partial charge in [-0.3, -0.25) is 4.55 Å². The van der Waals surface area contributed by atoms with Crippen molar-refractivity contribution >= 4 is 10.1 Å². The van der Waals surface area contributed by atoms with Crippen molar-refractivity contribution in [1.29, 1.82) is 0 Å². The van der Waals surface area contributed by atoms with Crippen molar-refractivity contribution in [3.05, 3.63) is 35.6 Å². The van der Waals surface area contributed by atoms with Gasteiger partial charge < -0.3 is 0 Å². The smallest absolute Gasteiger partial charge is 0.269 e. The van der Waals surface area contributed by atoms with E-state index in [1.54, 1.807) is 0 Å². The van der Waals surface area contributed by atoms with E-state index in [1.807, 2.05) is 0 Å². The molecule has 0 heterocycles. The molecule has 0 bridgehead atoms. The van der Waals surface area contributed by atoms with Crippen LogP contribution in [0.5, 0.6) is 0 Å². The lowest BCUT2D eigenvalue weighted by atomic mass is 10.2. The molecule has 0 saturated heterocycles. The summed E-state index contributed by atoms with van der Waals surface area (Å²) in [7, 11) is -4.86. The highest BCUT2D eigenvalue weighted by atomic mass is 32.2. The van der Waals surface area contributed by atoms with Crippen molar-refractivity contribution in [3.63, 3.8) is 0 Å². The number of benzene rings is 1. The van der Waals surface area contributed by atoms with Gasteiger partial charge in [0.2, 0.25) is 0 Å². The molecule has 0 aromatic heterocycles. The molecular formula is C7H7FO3S. The zero-order chi connectivity index (χ0) is 11.0. The zero-order valence-corrected chi connectivity index (χ0v) is 6.68. The summed E-state index contributed by atoms with van der Waals surface area (Å²) in [5.41, 5.74) is -3.23. The Hall–Kier alpha value is -0.940. The van der Waals surface area contributed by atoms with E-state index >= 15 is 0 Å². The maximum Gasteiger partial charge on any atom is 0.269 e.